The summed E-state index contributed by atoms with van der Waals surface area (Å²) >= 11 is 0. The SMILES string of the molecule is CN(C)C(=O)[C@H](Cc1ccc(F)cc1)NC(=O)c1cc2cc(C#N)ncc2[nH]1. The van der Waals surface area contributed by atoms with Gasteiger partial charge in [0, 0.05) is 25.9 Å². The van der Waals surface area contributed by atoms with Crippen LogP contribution in [0.1, 0.15) is 21.7 Å². The topological polar surface area (TPSA) is 102 Å². The number of likely N-dealkylation sites (N-methyl/N-ethyl adjacent to an activating group) is 1. The van der Waals surface area contributed by atoms with Gasteiger partial charge >= 0.3 is 0 Å². The number of carbonyl (C=O) groups excluding carboxylic acids is 2. The first-order valence-electron chi connectivity index (χ1n) is 8.52. The maximum Gasteiger partial charge on any atom is 0.268 e. The highest BCUT2D eigenvalue weighted by Crippen LogP contribution is 2.16. The number of amides is 2. The highest BCUT2D eigenvalue weighted by Gasteiger charge is 2.24. The molecule has 2 heterocycles. The highest BCUT2D eigenvalue weighted by atomic mass is 19.1. The van der Waals surface area contributed by atoms with E-state index in [1.807, 2.05) is 6.07 Å². The van der Waals surface area contributed by atoms with E-state index in [-0.39, 0.29) is 29.5 Å². The Morgan fingerprint density at radius 1 is 1.29 bits per heavy atom. The molecule has 2 N–H and O–H groups in total. The summed E-state index contributed by atoms with van der Waals surface area (Å²) < 4.78 is 13.1. The van der Waals surface area contributed by atoms with E-state index in [0.717, 1.165) is 5.56 Å². The fourth-order valence-electron chi connectivity index (χ4n) is 2.82. The lowest BCUT2D eigenvalue weighted by molar-refractivity contribution is -0.130. The molecule has 0 aliphatic heterocycles. The maximum absolute atomic E-state index is 13.1. The second kappa shape index (κ2) is 7.88. The zero-order chi connectivity index (χ0) is 20.3. The monoisotopic (exact) mass is 379 g/mol. The number of halogens is 1. The Morgan fingerprint density at radius 3 is 2.64 bits per heavy atom. The minimum absolute atomic E-state index is 0.226. The minimum atomic E-state index is -0.813. The van der Waals surface area contributed by atoms with Crippen molar-refractivity contribution in [2.45, 2.75) is 12.5 Å². The summed E-state index contributed by atoms with van der Waals surface area (Å²) in [5, 5.41) is 12.3. The van der Waals surface area contributed by atoms with Crippen LogP contribution < -0.4 is 5.32 Å². The van der Waals surface area contributed by atoms with Crippen LogP contribution in [-0.4, -0.2) is 46.8 Å². The van der Waals surface area contributed by atoms with E-state index in [9.17, 15) is 14.0 Å². The van der Waals surface area contributed by atoms with Crippen molar-refractivity contribution in [1.82, 2.24) is 20.2 Å². The molecule has 0 saturated carbocycles. The summed E-state index contributed by atoms with van der Waals surface area (Å²) in [4.78, 5) is 33.5. The quantitative estimate of drug-likeness (QED) is 0.708. The van der Waals surface area contributed by atoms with Crippen molar-refractivity contribution in [3.8, 4) is 6.07 Å². The summed E-state index contributed by atoms with van der Waals surface area (Å²) in [5.74, 6) is -1.11. The fourth-order valence-corrected chi connectivity index (χ4v) is 2.82. The number of hydrogen-bond acceptors (Lipinski definition) is 4. The molecular formula is C20H18FN5O2. The van der Waals surface area contributed by atoms with Crippen molar-refractivity contribution in [3.63, 3.8) is 0 Å². The van der Waals surface area contributed by atoms with Crippen molar-refractivity contribution in [3.05, 3.63) is 65.4 Å². The Bertz CT molecular complexity index is 1070. The summed E-state index contributed by atoms with van der Waals surface area (Å²) in [6, 6.07) is 10.1. The molecule has 3 aromatic rings. The van der Waals surface area contributed by atoms with Gasteiger partial charge in [0.15, 0.2) is 0 Å². The van der Waals surface area contributed by atoms with Gasteiger partial charge in [-0.3, -0.25) is 9.59 Å². The molecular weight excluding hydrogens is 361 g/mol. The van der Waals surface area contributed by atoms with Gasteiger partial charge in [0.1, 0.15) is 29.3 Å². The molecule has 0 saturated heterocycles. The van der Waals surface area contributed by atoms with Gasteiger partial charge in [-0.15, -0.1) is 0 Å². The summed E-state index contributed by atoms with van der Waals surface area (Å²) in [6.45, 7) is 0. The van der Waals surface area contributed by atoms with E-state index in [1.54, 1.807) is 38.4 Å². The van der Waals surface area contributed by atoms with Crippen molar-refractivity contribution >= 4 is 22.7 Å². The van der Waals surface area contributed by atoms with Crippen molar-refractivity contribution in [2.75, 3.05) is 14.1 Å². The van der Waals surface area contributed by atoms with E-state index < -0.39 is 11.9 Å². The summed E-state index contributed by atoms with van der Waals surface area (Å²) in [5.41, 5.74) is 1.83. The first-order chi connectivity index (χ1) is 13.4. The van der Waals surface area contributed by atoms with Gasteiger partial charge in [-0.25, -0.2) is 9.37 Å². The number of fused-ring (bicyclic) bond motifs is 1. The predicted molar refractivity (Wildman–Crippen MR) is 101 cm³/mol. The molecule has 3 rings (SSSR count). The van der Waals surface area contributed by atoms with Crippen LogP contribution in [0.5, 0.6) is 0 Å². The number of nitriles is 1. The van der Waals surface area contributed by atoms with Gasteiger partial charge in [0.05, 0.1) is 11.7 Å². The Labute approximate surface area is 160 Å². The molecule has 0 spiro atoms. The van der Waals surface area contributed by atoms with Crippen LogP contribution in [0.2, 0.25) is 0 Å². The van der Waals surface area contributed by atoms with E-state index in [4.69, 9.17) is 5.26 Å². The molecule has 0 unspecified atom stereocenters. The van der Waals surface area contributed by atoms with Gasteiger partial charge in [-0.1, -0.05) is 12.1 Å². The zero-order valence-corrected chi connectivity index (χ0v) is 15.4. The first kappa shape index (κ1) is 19.0. The molecule has 0 radical (unpaired) electrons. The molecule has 0 aliphatic carbocycles. The van der Waals surface area contributed by atoms with Crippen LogP contribution in [-0.2, 0) is 11.2 Å². The van der Waals surface area contributed by atoms with Crippen LogP contribution in [0.15, 0.2) is 42.6 Å². The van der Waals surface area contributed by atoms with Gasteiger partial charge in [-0.2, -0.15) is 5.26 Å². The molecule has 0 bridgehead atoms. The molecule has 0 aliphatic rings. The Kier molecular flexibility index (Phi) is 5.36. The molecule has 2 aromatic heterocycles. The standard InChI is InChI=1S/C20H18FN5O2/c1-26(2)20(28)17(7-12-3-5-14(21)6-4-12)25-19(27)16-9-13-8-15(10-22)23-11-18(13)24-16/h3-6,8-9,11,17,24H,7H2,1-2H3,(H,25,27)/t17-/m0/s1. The van der Waals surface area contributed by atoms with Crippen LogP contribution in [0.4, 0.5) is 4.39 Å². The van der Waals surface area contributed by atoms with Crippen LogP contribution in [0.3, 0.4) is 0 Å². The third-order valence-corrected chi connectivity index (χ3v) is 4.26. The molecule has 7 nitrogen and oxygen atoms in total. The van der Waals surface area contributed by atoms with Crippen LogP contribution in [0, 0.1) is 17.1 Å². The second-order valence-electron chi connectivity index (χ2n) is 6.54. The van der Waals surface area contributed by atoms with Gasteiger partial charge in [-0.05, 0) is 29.8 Å². The third-order valence-electron chi connectivity index (χ3n) is 4.26. The first-order valence-corrected chi connectivity index (χ1v) is 8.52. The van der Waals surface area contributed by atoms with Crippen molar-refractivity contribution < 1.29 is 14.0 Å². The number of H-pyrrole nitrogens is 1. The van der Waals surface area contributed by atoms with Gasteiger partial charge < -0.3 is 15.2 Å². The Morgan fingerprint density at radius 2 is 2.00 bits per heavy atom. The molecule has 28 heavy (non-hydrogen) atoms. The normalized spacial score (nSPS) is 11.6. The lowest BCUT2D eigenvalue weighted by Gasteiger charge is -2.21. The Balaban J connectivity index is 1.83. The smallest absolute Gasteiger partial charge is 0.268 e. The number of nitrogens with one attached hydrogen (secondary N) is 2. The molecule has 1 aromatic carbocycles. The molecule has 2 amide bonds. The summed E-state index contributed by atoms with van der Waals surface area (Å²) in [7, 11) is 3.20. The number of rotatable bonds is 5. The van der Waals surface area contributed by atoms with E-state index in [0.29, 0.717) is 10.9 Å². The number of nitrogens with zero attached hydrogens (tertiary/aromatic N) is 3. The lowest BCUT2D eigenvalue weighted by Crippen LogP contribution is -2.47. The number of carbonyl (C=O) groups is 2. The van der Waals surface area contributed by atoms with Crippen LogP contribution in [0.25, 0.3) is 10.9 Å². The van der Waals surface area contributed by atoms with Crippen molar-refractivity contribution in [1.29, 1.82) is 5.26 Å². The molecule has 1 atom stereocenters. The lowest BCUT2D eigenvalue weighted by atomic mass is 10.0. The van der Waals surface area contributed by atoms with Crippen molar-refractivity contribution in [2.24, 2.45) is 0 Å². The molecule has 8 heteroatoms. The number of benzene rings is 1. The van der Waals surface area contributed by atoms with Crippen LogP contribution >= 0.6 is 0 Å². The number of aromatic amines is 1. The maximum atomic E-state index is 13.1. The van der Waals surface area contributed by atoms with Gasteiger partial charge in [0.25, 0.3) is 5.91 Å². The number of pyridine rings is 1. The van der Waals surface area contributed by atoms with E-state index in [1.165, 1.54) is 23.2 Å². The van der Waals surface area contributed by atoms with E-state index >= 15 is 0 Å². The van der Waals surface area contributed by atoms with Gasteiger partial charge in [0.2, 0.25) is 5.91 Å². The zero-order valence-electron chi connectivity index (χ0n) is 15.4. The number of hydrogen-bond donors (Lipinski definition) is 2. The molecule has 142 valence electrons. The average molecular weight is 379 g/mol. The molecule has 0 fully saturated rings. The highest BCUT2D eigenvalue weighted by molar-refractivity contribution is 6.00. The minimum Gasteiger partial charge on any atom is -0.349 e. The third kappa shape index (κ3) is 4.15. The largest absolute Gasteiger partial charge is 0.349 e. The van der Waals surface area contributed by atoms with E-state index in [2.05, 4.69) is 15.3 Å². The predicted octanol–water partition coefficient (Wildman–Crippen LogP) is 2.00. The number of aromatic nitrogens is 2. The average Bonchev–Trinajstić information content (AvgIpc) is 3.11. The fraction of sp³-hybridized carbons (Fsp3) is 0.200. The summed E-state index contributed by atoms with van der Waals surface area (Å²) in [6.07, 6.45) is 1.70. The second-order valence-corrected chi connectivity index (χ2v) is 6.54. The Hall–Kier alpha value is -3.73.